The van der Waals surface area contributed by atoms with Gasteiger partial charge in [-0.1, -0.05) is 28.1 Å². The van der Waals surface area contributed by atoms with Gasteiger partial charge in [0.1, 0.15) is 0 Å². The van der Waals surface area contributed by atoms with Crippen LogP contribution in [-0.2, 0) is 12.1 Å². The normalized spacial score (nSPS) is 11.6. The van der Waals surface area contributed by atoms with Gasteiger partial charge in [0.25, 0.3) is 0 Å². The first kappa shape index (κ1) is 14.5. The number of alkyl halides is 5. The fraction of sp³-hybridized carbons (Fsp3) is 0.364. The summed E-state index contributed by atoms with van der Waals surface area (Å²) >= 11 is 8.60. The number of benzene rings is 1. The van der Waals surface area contributed by atoms with Crippen molar-refractivity contribution in [1.29, 1.82) is 0 Å². The molecule has 0 spiro atoms. The van der Waals surface area contributed by atoms with Gasteiger partial charge in [0.2, 0.25) is 0 Å². The summed E-state index contributed by atoms with van der Waals surface area (Å²) < 4.78 is 38.1. The number of ketones is 1. The lowest BCUT2D eigenvalue weighted by molar-refractivity contribution is -0.138. The molecule has 0 N–H and O–H groups in total. The zero-order valence-electron chi connectivity index (χ0n) is 8.65. The van der Waals surface area contributed by atoms with Crippen molar-refractivity contribution < 1.29 is 18.0 Å². The van der Waals surface area contributed by atoms with Crippen LogP contribution < -0.4 is 0 Å². The molecular weight excluding hydrogens is 320 g/mol. The van der Waals surface area contributed by atoms with Crippen molar-refractivity contribution in [2.24, 2.45) is 0 Å². The Morgan fingerprint density at radius 2 is 2.00 bits per heavy atom. The fourth-order valence-corrected chi connectivity index (χ4v) is 2.13. The van der Waals surface area contributed by atoms with Crippen molar-refractivity contribution in [3.8, 4) is 0 Å². The highest BCUT2D eigenvalue weighted by Crippen LogP contribution is 2.34. The maximum atomic E-state index is 12.7. The van der Waals surface area contributed by atoms with Gasteiger partial charge in [-0.15, -0.1) is 11.6 Å². The Morgan fingerprint density at radius 1 is 1.35 bits per heavy atom. The molecule has 0 radical (unpaired) electrons. The summed E-state index contributed by atoms with van der Waals surface area (Å²) in [4.78, 5) is 11.6. The Morgan fingerprint density at radius 3 is 2.47 bits per heavy atom. The standard InChI is InChI=1S/C11H9BrClF3O/c12-5-4-10(17)7-2-1-3-9(8(7)6-13)11(14,15)16/h1-3H,4-6H2. The molecule has 0 fully saturated rings. The van der Waals surface area contributed by atoms with Crippen LogP contribution in [0.4, 0.5) is 13.2 Å². The van der Waals surface area contributed by atoms with E-state index < -0.39 is 11.7 Å². The van der Waals surface area contributed by atoms with Gasteiger partial charge in [0, 0.05) is 23.2 Å². The molecule has 1 rings (SSSR count). The zero-order valence-corrected chi connectivity index (χ0v) is 11.0. The molecule has 0 aliphatic carbocycles. The maximum absolute atomic E-state index is 12.7. The first-order chi connectivity index (χ1) is 7.91. The number of halogens is 5. The van der Waals surface area contributed by atoms with E-state index in [0.29, 0.717) is 5.33 Å². The number of rotatable bonds is 4. The third-order valence-corrected chi connectivity index (χ3v) is 2.90. The molecule has 0 saturated heterocycles. The molecule has 0 heterocycles. The predicted molar refractivity (Wildman–Crippen MR) is 63.7 cm³/mol. The highest BCUT2D eigenvalue weighted by molar-refractivity contribution is 9.09. The van der Waals surface area contributed by atoms with Crippen LogP contribution in [0.25, 0.3) is 0 Å². The molecular formula is C11H9BrClF3O. The number of carbonyl (C=O) groups excluding carboxylic acids is 1. The Balaban J connectivity index is 3.29. The van der Waals surface area contributed by atoms with Crippen LogP contribution in [0.15, 0.2) is 18.2 Å². The molecule has 0 amide bonds. The SMILES string of the molecule is O=C(CCBr)c1cccc(C(F)(F)F)c1CCl. The molecule has 0 atom stereocenters. The van der Waals surface area contributed by atoms with Crippen LogP contribution in [-0.4, -0.2) is 11.1 Å². The lowest BCUT2D eigenvalue weighted by Gasteiger charge is -2.14. The number of hydrogen-bond donors (Lipinski definition) is 0. The Kier molecular flexibility index (Phi) is 5.01. The number of Topliss-reactive ketones (excluding diaryl/α,β-unsaturated/α-hetero) is 1. The van der Waals surface area contributed by atoms with E-state index in [1.807, 2.05) is 0 Å². The molecule has 0 aliphatic heterocycles. The zero-order chi connectivity index (χ0) is 13.1. The largest absolute Gasteiger partial charge is 0.416 e. The van der Waals surface area contributed by atoms with Gasteiger partial charge in [-0.2, -0.15) is 13.2 Å². The van der Waals surface area contributed by atoms with Crippen molar-refractivity contribution in [3.63, 3.8) is 0 Å². The van der Waals surface area contributed by atoms with Gasteiger partial charge >= 0.3 is 6.18 Å². The molecule has 94 valence electrons. The summed E-state index contributed by atoms with van der Waals surface area (Å²) in [6.45, 7) is 0. The minimum absolute atomic E-state index is 0.0503. The minimum atomic E-state index is -4.49. The molecule has 0 unspecified atom stereocenters. The second kappa shape index (κ2) is 5.87. The molecule has 0 bridgehead atoms. The smallest absolute Gasteiger partial charge is 0.294 e. The summed E-state index contributed by atoms with van der Waals surface area (Å²) in [6, 6.07) is 3.53. The number of hydrogen-bond acceptors (Lipinski definition) is 1. The average Bonchev–Trinajstić information content (AvgIpc) is 2.27. The van der Waals surface area contributed by atoms with E-state index in [4.69, 9.17) is 11.6 Å². The van der Waals surface area contributed by atoms with E-state index in [1.165, 1.54) is 12.1 Å². The topological polar surface area (TPSA) is 17.1 Å². The maximum Gasteiger partial charge on any atom is 0.416 e. The van der Waals surface area contributed by atoms with E-state index >= 15 is 0 Å². The van der Waals surface area contributed by atoms with Gasteiger partial charge in [-0.3, -0.25) is 4.79 Å². The Bertz CT molecular complexity index is 418. The van der Waals surface area contributed by atoms with E-state index in [2.05, 4.69) is 15.9 Å². The lowest BCUT2D eigenvalue weighted by atomic mass is 9.98. The Labute approximate surface area is 110 Å². The van der Waals surface area contributed by atoms with Crippen molar-refractivity contribution in [1.82, 2.24) is 0 Å². The summed E-state index contributed by atoms with van der Waals surface area (Å²) in [7, 11) is 0. The first-order valence-corrected chi connectivity index (χ1v) is 6.41. The van der Waals surface area contributed by atoms with Gasteiger partial charge in [-0.05, 0) is 11.6 Å². The average molecular weight is 330 g/mol. The van der Waals surface area contributed by atoms with Crippen LogP contribution in [0.1, 0.15) is 27.9 Å². The molecule has 6 heteroatoms. The molecule has 0 aliphatic rings. The summed E-state index contributed by atoms with van der Waals surface area (Å²) in [6.07, 6.45) is -4.35. The van der Waals surface area contributed by atoms with Gasteiger partial charge in [-0.25, -0.2) is 0 Å². The second-order valence-electron chi connectivity index (χ2n) is 3.33. The monoisotopic (exact) mass is 328 g/mol. The van der Waals surface area contributed by atoms with Crippen molar-refractivity contribution in [3.05, 3.63) is 34.9 Å². The molecule has 1 nitrogen and oxygen atoms in total. The quantitative estimate of drug-likeness (QED) is 0.590. The third-order valence-electron chi connectivity index (χ3n) is 2.24. The minimum Gasteiger partial charge on any atom is -0.294 e. The fourth-order valence-electron chi connectivity index (χ4n) is 1.48. The second-order valence-corrected chi connectivity index (χ2v) is 4.39. The third kappa shape index (κ3) is 3.45. The van der Waals surface area contributed by atoms with Gasteiger partial charge < -0.3 is 0 Å². The highest BCUT2D eigenvalue weighted by atomic mass is 79.9. The molecule has 1 aromatic rings. The first-order valence-electron chi connectivity index (χ1n) is 4.76. The van der Waals surface area contributed by atoms with Crippen molar-refractivity contribution >= 4 is 33.3 Å². The van der Waals surface area contributed by atoms with E-state index in [-0.39, 0.29) is 29.2 Å². The van der Waals surface area contributed by atoms with E-state index in [9.17, 15) is 18.0 Å². The predicted octanol–water partition coefficient (Wildman–Crippen LogP) is 4.41. The summed E-state index contributed by atoms with van der Waals surface area (Å²) in [5.41, 5.74) is -0.935. The van der Waals surface area contributed by atoms with E-state index in [1.54, 1.807) is 0 Å². The molecule has 17 heavy (non-hydrogen) atoms. The van der Waals surface area contributed by atoms with Crippen molar-refractivity contribution in [2.75, 3.05) is 5.33 Å². The van der Waals surface area contributed by atoms with Crippen LogP contribution in [0.2, 0.25) is 0 Å². The van der Waals surface area contributed by atoms with Crippen LogP contribution >= 0.6 is 27.5 Å². The van der Waals surface area contributed by atoms with Crippen molar-refractivity contribution in [2.45, 2.75) is 18.5 Å². The summed E-state index contributed by atoms with van der Waals surface area (Å²) in [5.74, 6) is -0.678. The van der Waals surface area contributed by atoms with Gasteiger partial charge in [0.15, 0.2) is 5.78 Å². The Hall–Kier alpha value is -0.550. The number of carbonyl (C=O) groups is 1. The lowest BCUT2D eigenvalue weighted by Crippen LogP contribution is -2.13. The summed E-state index contributed by atoms with van der Waals surface area (Å²) in [5, 5.41) is 0.407. The molecule has 0 saturated carbocycles. The molecule has 1 aromatic carbocycles. The van der Waals surface area contributed by atoms with Crippen LogP contribution in [0.5, 0.6) is 0 Å². The highest BCUT2D eigenvalue weighted by Gasteiger charge is 2.34. The van der Waals surface area contributed by atoms with E-state index in [0.717, 1.165) is 6.07 Å². The molecule has 0 aromatic heterocycles. The van der Waals surface area contributed by atoms with Gasteiger partial charge in [0.05, 0.1) is 5.56 Å². The van der Waals surface area contributed by atoms with Crippen LogP contribution in [0.3, 0.4) is 0 Å². The van der Waals surface area contributed by atoms with Crippen LogP contribution in [0, 0.1) is 0 Å².